The molecule has 4 rings (SSSR count). The lowest BCUT2D eigenvalue weighted by atomic mass is 10.1. The molecule has 1 fully saturated rings. The molecule has 0 aliphatic carbocycles. The topological polar surface area (TPSA) is 67.7 Å². The number of carbonyl (C=O) groups excluding carboxylic acids is 1. The summed E-state index contributed by atoms with van der Waals surface area (Å²) in [4.78, 5) is 34.9. The second-order valence-corrected chi connectivity index (χ2v) is 8.77. The standard InChI is InChI=1S/C26H29ClN4O3/c1-19-17-23(32)25(22(18-34-2)31(19)12-10-20-7-3-4-8-21(20)27)26(33)30-15-13-29(14-16-30)24-9-5-6-11-28-24/h3-9,11,17H,10,12-16,18H2,1-2H3. The molecule has 0 saturated carbocycles. The van der Waals surface area contributed by atoms with Crippen LogP contribution in [-0.2, 0) is 24.3 Å². The Morgan fingerprint density at radius 1 is 1.09 bits per heavy atom. The molecule has 0 N–H and O–H groups in total. The van der Waals surface area contributed by atoms with Crippen LogP contribution < -0.4 is 10.3 Å². The van der Waals surface area contributed by atoms with Crippen molar-refractivity contribution >= 4 is 23.3 Å². The first-order chi connectivity index (χ1) is 16.5. The van der Waals surface area contributed by atoms with Crippen LogP contribution in [0.1, 0.15) is 27.3 Å². The Kier molecular flexibility index (Phi) is 7.65. The van der Waals surface area contributed by atoms with Crippen molar-refractivity contribution in [3.63, 3.8) is 0 Å². The molecule has 8 heteroatoms. The summed E-state index contributed by atoms with van der Waals surface area (Å²) < 4.78 is 7.44. The number of aromatic nitrogens is 2. The number of aryl methyl sites for hydroxylation is 2. The van der Waals surface area contributed by atoms with Crippen molar-refractivity contribution in [3.8, 4) is 0 Å². The third-order valence-electron chi connectivity index (χ3n) is 6.22. The first kappa shape index (κ1) is 24.0. The van der Waals surface area contributed by atoms with Gasteiger partial charge in [-0.05, 0) is 37.1 Å². The molecule has 0 unspecified atom stereocenters. The first-order valence-electron chi connectivity index (χ1n) is 11.4. The van der Waals surface area contributed by atoms with Gasteiger partial charge in [0, 0.05) is 62.8 Å². The highest BCUT2D eigenvalue weighted by atomic mass is 35.5. The van der Waals surface area contributed by atoms with Crippen molar-refractivity contribution in [1.82, 2.24) is 14.5 Å². The molecule has 2 aromatic heterocycles. The molecule has 0 radical (unpaired) electrons. The van der Waals surface area contributed by atoms with Crippen LogP contribution in [0.15, 0.2) is 59.5 Å². The molecule has 3 heterocycles. The smallest absolute Gasteiger partial charge is 0.259 e. The van der Waals surface area contributed by atoms with Crippen molar-refractivity contribution in [3.05, 3.63) is 92.5 Å². The number of piperazine rings is 1. The van der Waals surface area contributed by atoms with Crippen LogP contribution in [0.4, 0.5) is 5.82 Å². The van der Waals surface area contributed by atoms with Gasteiger partial charge in [0.2, 0.25) is 0 Å². The molecule has 1 amide bonds. The van der Waals surface area contributed by atoms with Gasteiger partial charge in [0.1, 0.15) is 11.4 Å². The molecule has 1 aliphatic rings. The molecule has 7 nitrogen and oxygen atoms in total. The number of anilines is 1. The van der Waals surface area contributed by atoms with Gasteiger partial charge in [0.25, 0.3) is 5.91 Å². The number of hydrogen-bond acceptors (Lipinski definition) is 5. The van der Waals surface area contributed by atoms with E-state index in [1.165, 1.54) is 0 Å². The van der Waals surface area contributed by atoms with Crippen molar-refractivity contribution in [2.75, 3.05) is 38.2 Å². The third kappa shape index (κ3) is 5.16. The summed E-state index contributed by atoms with van der Waals surface area (Å²) in [5, 5.41) is 0.705. The van der Waals surface area contributed by atoms with Crippen molar-refractivity contribution in [2.45, 2.75) is 26.5 Å². The fourth-order valence-electron chi connectivity index (χ4n) is 4.43. The fourth-order valence-corrected chi connectivity index (χ4v) is 4.66. The first-order valence-corrected chi connectivity index (χ1v) is 11.8. The van der Waals surface area contributed by atoms with Crippen molar-refractivity contribution in [2.24, 2.45) is 0 Å². The highest BCUT2D eigenvalue weighted by Crippen LogP contribution is 2.20. The number of pyridine rings is 2. The van der Waals surface area contributed by atoms with E-state index in [1.54, 1.807) is 24.3 Å². The lowest BCUT2D eigenvalue weighted by molar-refractivity contribution is 0.0737. The average Bonchev–Trinajstić information content (AvgIpc) is 2.85. The molecular weight excluding hydrogens is 452 g/mol. The Balaban J connectivity index is 1.58. The second kappa shape index (κ2) is 10.8. The summed E-state index contributed by atoms with van der Waals surface area (Å²) in [5.74, 6) is 0.649. The summed E-state index contributed by atoms with van der Waals surface area (Å²) in [6.07, 6.45) is 2.44. The van der Waals surface area contributed by atoms with E-state index in [0.717, 1.165) is 17.1 Å². The summed E-state index contributed by atoms with van der Waals surface area (Å²) in [7, 11) is 1.57. The Labute approximate surface area is 204 Å². The van der Waals surface area contributed by atoms with E-state index < -0.39 is 0 Å². The molecule has 1 saturated heterocycles. The van der Waals surface area contributed by atoms with Gasteiger partial charge in [0.15, 0.2) is 5.43 Å². The van der Waals surface area contributed by atoms with Crippen LogP contribution >= 0.6 is 11.6 Å². The highest BCUT2D eigenvalue weighted by Gasteiger charge is 2.28. The maximum atomic E-state index is 13.6. The van der Waals surface area contributed by atoms with Gasteiger partial charge in [-0.25, -0.2) is 4.98 Å². The lowest BCUT2D eigenvalue weighted by Crippen LogP contribution is -2.50. The Bertz CT molecular complexity index is 1200. The van der Waals surface area contributed by atoms with Crippen LogP contribution in [0, 0.1) is 6.92 Å². The van der Waals surface area contributed by atoms with E-state index in [9.17, 15) is 9.59 Å². The zero-order valence-corrected chi connectivity index (χ0v) is 20.3. The quantitative estimate of drug-likeness (QED) is 0.517. The summed E-state index contributed by atoms with van der Waals surface area (Å²) in [6, 6.07) is 15.1. The zero-order chi connectivity index (χ0) is 24.1. The number of ether oxygens (including phenoxy) is 1. The molecule has 0 spiro atoms. The van der Waals surface area contributed by atoms with Gasteiger partial charge in [-0.1, -0.05) is 35.9 Å². The molecule has 0 atom stereocenters. The van der Waals surface area contributed by atoms with Gasteiger partial charge >= 0.3 is 0 Å². The Morgan fingerprint density at radius 3 is 2.50 bits per heavy atom. The van der Waals surface area contributed by atoms with E-state index in [0.29, 0.717) is 49.9 Å². The molecule has 34 heavy (non-hydrogen) atoms. The summed E-state index contributed by atoms with van der Waals surface area (Å²) in [5.41, 5.74) is 2.34. The van der Waals surface area contributed by atoms with Crippen LogP contribution in [0.3, 0.4) is 0 Å². The predicted molar refractivity (Wildman–Crippen MR) is 134 cm³/mol. The second-order valence-electron chi connectivity index (χ2n) is 8.36. The summed E-state index contributed by atoms with van der Waals surface area (Å²) in [6.45, 7) is 5.01. The highest BCUT2D eigenvalue weighted by molar-refractivity contribution is 6.31. The predicted octanol–water partition coefficient (Wildman–Crippen LogP) is 3.56. The zero-order valence-electron chi connectivity index (χ0n) is 19.5. The van der Waals surface area contributed by atoms with Gasteiger partial charge in [-0.15, -0.1) is 0 Å². The monoisotopic (exact) mass is 480 g/mol. The third-order valence-corrected chi connectivity index (χ3v) is 6.59. The number of benzene rings is 1. The van der Waals surface area contributed by atoms with Crippen LogP contribution in [0.5, 0.6) is 0 Å². The molecule has 178 valence electrons. The lowest BCUT2D eigenvalue weighted by Gasteiger charge is -2.35. The van der Waals surface area contributed by atoms with E-state index in [1.807, 2.05) is 54.0 Å². The molecule has 1 aromatic carbocycles. The molecule has 1 aliphatic heterocycles. The number of halogens is 1. The van der Waals surface area contributed by atoms with Gasteiger partial charge in [0.05, 0.1) is 12.3 Å². The Hall–Kier alpha value is -3.16. The summed E-state index contributed by atoms with van der Waals surface area (Å²) >= 11 is 6.34. The maximum Gasteiger partial charge on any atom is 0.259 e. The van der Waals surface area contributed by atoms with E-state index in [4.69, 9.17) is 16.3 Å². The van der Waals surface area contributed by atoms with E-state index in [2.05, 4.69) is 9.88 Å². The number of carbonyl (C=O) groups is 1. The minimum atomic E-state index is -0.268. The van der Waals surface area contributed by atoms with Crippen LogP contribution in [0.2, 0.25) is 5.02 Å². The minimum absolute atomic E-state index is 0.175. The van der Waals surface area contributed by atoms with Crippen LogP contribution in [-0.4, -0.2) is 53.6 Å². The van der Waals surface area contributed by atoms with E-state index in [-0.39, 0.29) is 23.5 Å². The SMILES string of the molecule is COCc1c(C(=O)N2CCN(c3ccccn3)CC2)c(=O)cc(C)n1CCc1ccccc1Cl. The number of rotatable bonds is 7. The molecular formula is C26H29ClN4O3. The van der Waals surface area contributed by atoms with Crippen LogP contribution in [0.25, 0.3) is 0 Å². The van der Waals surface area contributed by atoms with Gasteiger partial charge in [-0.2, -0.15) is 0 Å². The van der Waals surface area contributed by atoms with E-state index >= 15 is 0 Å². The fraction of sp³-hybridized carbons (Fsp3) is 0.346. The maximum absolute atomic E-state index is 13.6. The average molecular weight is 481 g/mol. The normalized spacial score (nSPS) is 13.9. The van der Waals surface area contributed by atoms with Gasteiger partial charge in [-0.3, -0.25) is 9.59 Å². The van der Waals surface area contributed by atoms with Crippen molar-refractivity contribution < 1.29 is 9.53 Å². The molecule has 3 aromatic rings. The number of methoxy groups -OCH3 is 1. The Morgan fingerprint density at radius 2 is 1.82 bits per heavy atom. The molecule has 0 bridgehead atoms. The minimum Gasteiger partial charge on any atom is -0.378 e. The van der Waals surface area contributed by atoms with Crippen molar-refractivity contribution in [1.29, 1.82) is 0 Å². The number of nitrogens with zero attached hydrogens (tertiary/aromatic N) is 4. The largest absolute Gasteiger partial charge is 0.378 e. The number of amides is 1. The number of hydrogen-bond donors (Lipinski definition) is 0. The van der Waals surface area contributed by atoms with Gasteiger partial charge < -0.3 is 19.1 Å².